The molecule has 126 valence electrons. The highest BCUT2D eigenvalue weighted by Gasteiger charge is 2.17. The second-order valence-electron chi connectivity index (χ2n) is 5.31. The summed E-state index contributed by atoms with van der Waals surface area (Å²) in [6.07, 6.45) is 0. The van der Waals surface area contributed by atoms with Crippen LogP contribution < -0.4 is 10.2 Å². The Labute approximate surface area is 139 Å². The second kappa shape index (κ2) is 8.07. The molecular formula is C17H19N3O4. The Bertz CT molecular complexity index is 733. The van der Waals surface area contributed by atoms with Crippen LogP contribution in [-0.2, 0) is 17.9 Å². The van der Waals surface area contributed by atoms with E-state index >= 15 is 0 Å². The second-order valence-corrected chi connectivity index (χ2v) is 5.31. The SMILES string of the molecule is CN(CC(=O)NCc1ccccc1CO)c1ccccc1[N+](=O)[O-]. The number of aliphatic hydroxyl groups excluding tert-OH is 1. The van der Waals surface area contributed by atoms with Crippen LogP contribution in [0.4, 0.5) is 11.4 Å². The van der Waals surface area contributed by atoms with Crippen molar-refractivity contribution in [3.05, 3.63) is 69.8 Å². The molecule has 0 heterocycles. The van der Waals surface area contributed by atoms with Crippen molar-refractivity contribution in [2.75, 3.05) is 18.5 Å². The molecule has 0 atom stereocenters. The molecule has 0 saturated heterocycles. The third kappa shape index (κ3) is 4.30. The number of nitro benzene ring substituents is 1. The van der Waals surface area contributed by atoms with Gasteiger partial charge in [-0.1, -0.05) is 36.4 Å². The number of amides is 1. The molecule has 0 aliphatic heterocycles. The van der Waals surface area contributed by atoms with E-state index in [4.69, 9.17) is 0 Å². The predicted molar refractivity (Wildman–Crippen MR) is 90.6 cm³/mol. The van der Waals surface area contributed by atoms with Crippen molar-refractivity contribution < 1.29 is 14.8 Å². The molecule has 7 heteroatoms. The number of nitrogens with zero attached hydrogens (tertiary/aromatic N) is 2. The van der Waals surface area contributed by atoms with Gasteiger partial charge in [0.15, 0.2) is 0 Å². The first kappa shape index (κ1) is 17.4. The minimum Gasteiger partial charge on any atom is -0.392 e. The van der Waals surface area contributed by atoms with Gasteiger partial charge in [0.05, 0.1) is 18.1 Å². The summed E-state index contributed by atoms with van der Waals surface area (Å²) in [5.41, 5.74) is 1.93. The molecule has 2 N–H and O–H groups in total. The van der Waals surface area contributed by atoms with E-state index in [0.717, 1.165) is 11.1 Å². The Kier molecular flexibility index (Phi) is 5.86. The molecule has 2 aromatic carbocycles. The van der Waals surface area contributed by atoms with Gasteiger partial charge in [-0.15, -0.1) is 0 Å². The zero-order valence-corrected chi connectivity index (χ0v) is 13.3. The van der Waals surface area contributed by atoms with E-state index in [1.807, 2.05) is 18.2 Å². The number of hydrogen-bond acceptors (Lipinski definition) is 5. The zero-order valence-electron chi connectivity index (χ0n) is 13.3. The van der Waals surface area contributed by atoms with Crippen molar-refractivity contribution in [2.45, 2.75) is 13.2 Å². The van der Waals surface area contributed by atoms with Gasteiger partial charge in [0.2, 0.25) is 5.91 Å². The number of aliphatic hydroxyl groups is 1. The maximum absolute atomic E-state index is 12.1. The lowest BCUT2D eigenvalue weighted by atomic mass is 10.1. The van der Waals surface area contributed by atoms with Gasteiger partial charge < -0.3 is 15.3 Å². The fourth-order valence-corrected chi connectivity index (χ4v) is 2.38. The number of para-hydroxylation sites is 2. The van der Waals surface area contributed by atoms with Gasteiger partial charge in [-0.3, -0.25) is 14.9 Å². The van der Waals surface area contributed by atoms with Crippen molar-refractivity contribution in [3.8, 4) is 0 Å². The summed E-state index contributed by atoms with van der Waals surface area (Å²) in [6, 6.07) is 13.6. The summed E-state index contributed by atoms with van der Waals surface area (Å²) < 4.78 is 0. The quantitative estimate of drug-likeness (QED) is 0.597. The van der Waals surface area contributed by atoms with Crippen molar-refractivity contribution >= 4 is 17.3 Å². The average Bonchev–Trinajstić information content (AvgIpc) is 2.60. The lowest BCUT2D eigenvalue weighted by molar-refractivity contribution is -0.384. The van der Waals surface area contributed by atoms with Gasteiger partial charge in [-0.2, -0.15) is 0 Å². The Morgan fingerprint density at radius 2 is 1.79 bits per heavy atom. The first-order valence-electron chi connectivity index (χ1n) is 7.42. The largest absolute Gasteiger partial charge is 0.392 e. The zero-order chi connectivity index (χ0) is 17.5. The number of carbonyl (C=O) groups excluding carboxylic acids is 1. The van der Waals surface area contributed by atoms with Crippen LogP contribution in [0.5, 0.6) is 0 Å². The van der Waals surface area contributed by atoms with E-state index in [9.17, 15) is 20.0 Å². The molecule has 7 nitrogen and oxygen atoms in total. The molecule has 2 rings (SSSR count). The van der Waals surface area contributed by atoms with Gasteiger partial charge in [0, 0.05) is 19.7 Å². The summed E-state index contributed by atoms with van der Waals surface area (Å²) in [6.45, 7) is 0.189. The molecule has 0 aliphatic carbocycles. The van der Waals surface area contributed by atoms with Gasteiger partial charge in [0.1, 0.15) is 5.69 Å². The minimum absolute atomic E-state index is 0.00779. The first-order valence-corrected chi connectivity index (χ1v) is 7.42. The average molecular weight is 329 g/mol. The van der Waals surface area contributed by atoms with Crippen LogP contribution >= 0.6 is 0 Å². The number of nitrogens with one attached hydrogen (secondary N) is 1. The fraction of sp³-hybridized carbons (Fsp3) is 0.235. The number of likely N-dealkylation sites (N-methyl/N-ethyl adjacent to an activating group) is 1. The maximum atomic E-state index is 12.1. The van der Waals surface area contributed by atoms with Gasteiger partial charge in [-0.05, 0) is 17.2 Å². The van der Waals surface area contributed by atoms with E-state index in [1.54, 1.807) is 31.3 Å². The smallest absolute Gasteiger partial charge is 0.292 e. The summed E-state index contributed by atoms with van der Waals surface area (Å²) in [7, 11) is 1.63. The number of rotatable bonds is 7. The topological polar surface area (TPSA) is 95.7 Å². The molecule has 1 amide bonds. The third-order valence-corrected chi connectivity index (χ3v) is 3.64. The van der Waals surface area contributed by atoms with Crippen LogP contribution in [-0.4, -0.2) is 29.5 Å². The molecule has 0 radical (unpaired) electrons. The number of carbonyl (C=O) groups is 1. The normalized spacial score (nSPS) is 10.2. The van der Waals surface area contributed by atoms with Crippen molar-refractivity contribution in [3.63, 3.8) is 0 Å². The number of benzene rings is 2. The van der Waals surface area contributed by atoms with Crippen LogP contribution in [0.1, 0.15) is 11.1 Å². The summed E-state index contributed by atoms with van der Waals surface area (Å²) in [5, 5.41) is 23.1. The Morgan fingerprint density at radius 1 is 1.17 bits per heavy atom. The lowest BCUT2D eigenvalue weighted by Crippen LogP contribution is -2.35. The molecule has 0 fully saturated rings. The van der Waals surface area contributed by atoms with Crippen molar-refractivity contribution in [1.82, 2.24) is 5.32 Å². The van der Waals surface area contributed by atoms with Gasteiger partial charge in [0.25, 0.3) is 5.69 Å². The van der Waals surface area contributed by atoms with Crippen LogP contribution in [0.2, 0.25) is 0 Å². The molecule has 0 bridgehead atoms. The highest BCUT2D eigenvalue weighted by Crippen LogP contribution is 2.26. The molecule has 0 aromatic heterocycles. The van der Waals surface area contributed by atoms with E-state index in [2.05, 4.69) is 5.32 Å². The minimum atomic E-state index is -0.471. The summed E-state index contributed by atoms with van der Waals surface area (Å²) in [5.74, 6) is -0.261. The van der Waals surface area contributed by atoms with E-state index < -0.39 is 4.92 Å². The lowest BCUT2D eigenvalue weighted by Gasteiger charge is -2.18. The van der Waals surface area contributed by atoms with Gasteiger partial charge in [-0.25, -0.2) is 0 Å². The van der Waals surface area contributed by atoms with Gasteiger partial charge >= 0.3 is 0 Å². The van der Waals surface area contributed by atoms with E-state index in [1.165, 1.54) is 11.0 Å². The molecule has 0 spiro atoms. The Hall–Kier alpha value is -2.93. The molecule has 0 unspecified atom stereocenters. The molecule has 0 aliphatic rings. The standard InChI is InChI=1S/C17H19N3O4/c1-19(15-8-4-5-9-16(15)20(23)24)11-17(22)18-10-13-6-2-3-7-14(13)12-21/h2-9,21H,10-12H2,1H3,(H,18,22). The first-order chi connectivity index (χ1) is 11.5. The van der Waals surface area contributed by atoms with Crippen molar-refractivity contribution in [1.29, 1.82) is 0 Å². The monoisotopic (exact) mass is 329 g/mol. The van der Waals surface area contributed by atoms with Crippen LogP contribution in [0, 0.1) is 10.1 Å². The number of hydrogen-bond donors (Lipinski definition) is 2. The summed E-state index contributed by atoms with van der Waals surface area (Å²) >= 11 is 0. The Balaban J connectivity index is 1.99. The van der Waals surface area contributed by atoms with Crippen LogP contribution in [0.3, 0.4) is 0 Å². The summed E-state index contributed by atoms with van der Waals surface area (Å²) in [4.78, 5) is 24.2. The molecule has 0 saturated carbocycles. The highest BCUT2D eigenvalue weighted by atomic mass is 16.6. The van der Waals surface area contributed by atoms with Crippen LogP contribution in [0.25, 0.3) is 0 Å². The number of nitro groups is 1. The number of anilines is 1. The molecule has 24 heavy (non-hydrogen) atoms. The van der Waals surface area contributed by atoms with Crippen molar-refractivity contribution in [2.24, 2.45) is 0 Å². The maximum Gasteiger partial charge on any atom is 0.292 e. The fourth-order valence-electron chi connectivity index (χ4n) is 2.38. The predicted octanol–water partition coefficient (Wildman–Crippen LogP) is 1.84. The molecular weight excluding hydrogens is 310 g/mol. The third-order valence-electron chi connectivity index (χ3n) is 3.64. The Morgan fingerprint density at radius 3 is 2.46 bits per heavy atom. The van der Waals surface area contributed by atoms with E-state index in [-0.39, 0.29) is 24.7 Å². The highest BCUT2D eigenvalue weighted by molar-refractivity contribution is 5.82. The molecule has 2 aromatic rings. The van der Waals surface area contributed by atoms with Crippen LogP contribution in [0.15, 0.2) is 48.5 Å². The van der Waals surface area contributed by atoms with E-state index in [0.29, 0.717) is 12.2 Å².